The first-order valence-electron chi connectivity index (χ1n) is 5.09. The second-order valence-electron chi connectivity index (χ2n) is 3.42. The molecule has 0 saturated carbocycles. The molecule has 0 bridgehead atoms. The molecule has 0 saturated heterocycles. The van der Waals surface area contributed by atoms with Crippen molar-refractivity contribution in [3.05, 3.63) is 56.7 Å². The Morgan fingerprint density at radius 2 is 2.05 bits per heavy atom. The van der Waals surface area contributed by atoms with E-state index in [1.807, 2.05) is 6.07 Å². The molecule has 1 aromatic carbocycles. The Bertz CT molecular complexity index is 682. The molecule has 94 valence electrons. The summed E-state index contributed by atoms with van der Waals surface area (Å²) in [7, 11) is 0. The maximum atomic E-state index is 10.8. The molecule has 6 nitrogen and oxygen atoms in total. The lowest BCUT2D eigenvalue weighted by Gasteiger charge is -2.06. The summed E-state index contributed by atoms with van der Waals surface area (Å²) in [5, 5.41) is 19.5. The van der Waals surface area contributed by atoms with Crippen molar-refractivity contribution >= 4 is 21.6 Å². The number of aromatic nitrogens is 1. The van der Waals surface area contributed by atoms with E-state index in [2.05, 4.69) is 20.9 Å². The molecule has 2 rings (SSSR count). The highest BCUT2D eigenvalue weighted by Gasteiger charge is 2.16. The SMILES string of the molecule is N#Cc1cccc(Oc2cccc([N+](=O)[O-])c2Br)n1. The van der Waals surface area contributed by atoms with Crippen LogP contribution in [0.1, 0.15) is 5.69 Å². The molecule has 1 heterocycles. The molecule has 0 unspecified atom stereocenters. The molecule has 0 aliphatic rings. The summed E-state index contributed by atoms with van der Waals surface area (Å²) in [6.45, 7) is 0. The largest absolute Gasteiger partial charge is 0.438 e. The fraction of sp³-hybridized carbons (Fsp3) is 0. The molecule has 2 aromatic rings. The van der Waals surface area contributed by atoms with Crippen molar-refractivity contribution < 1.29 is 9.66 Å². The zero-order valence-electron chi connectivity index (χ0n) is 9.41. The minimum atomic E-state index is -0.518. The van der Waals surface area contributed by atoms with E-state index in [4.69, 9.17) is 10.00 Å². The first kappa shape index (κ1) is 13.0. The van der Waals surface area contributed by atoms with E-state index in [0.29, 0.717) is 0 Å². The molecular formula is C12H6BrN3O3. The van der Waals surface area contributed by atoms with Crippen molar-refractivity contribution in [3.63, 3.8) is 0 Å². The Labute approximate surface area is 116 Å². The number of nitro groups is 1. The molecule has 0 fully saturated rings. The van der Waals surface area contributed by atoms with Gasteiger partial charge < -0.3 is 4.74 Å². The van der Waals surface area contributed by atoms with Crippen LogP contribution in [0.5, 0.6) is 11.6 Å². The average molecular weight is 320 g/mol. The van der Waals surface area contributed by atoms with Crippen LogP contribution in [0.4, 0.5) is 5.69 Å². The third-order valence-corrected chi connectivity index (χ3v) is 2.99. The van der Waals surface area contributed by atoms with Crippen LogP contribution in [0.25, 0.3) is 0 Å². The summed E-state index contributed by atoms with van der Waals surface area (Å²) in [4.78, 5) is 14.2. The number of nitriles is 1. The van der Waals surface area contributed by atoms with E-state index >= 15 is 0 Å². The van der Waals surface area contributed by atoms with Gasteiger partial charge in [-0.05, 0) is 28.1 Å². The predicted molar refractivity (Wildman–Crippen MR) is 69.8 cm³/mol. The van der Waals surface area contributed by atoms with E-state index in [0.717, 1.165) is 0 Å². The minimum absolute atomic E-state index is 0.103. The van der Waals surface area contributed by atoms with Crippen LogP contribution in [0.2, 0.25) is 0 Å². The third-order valence-electron chi connectivity index (χ3n) is 2.19. The first-order chi connectivity index (χ1) is 9.11. The number of nitrogens with zero attached hydrogens (tertiary/aromatic N) is 3. The van der Waals surface area contributed by atoms with Gasteiger partial charge in [-0.2, -0.15) is 5.26 Å². The molecular weight excluding hydrogens is 314 g/mol. The Morgan fingerprint density at radius 1 is 1.32 bits per heavy atom. The van der Waals surface area contributed by atoms with Crippen LogP contribution in [0.3, 0.4) is 0 Å². The number of benzene rings is 1. The molecule has 19 heavy (non-hydrogen) atoms. The van der Waals surface area contributed by atoms with Gasteiger partial charge in [0.2, 0.25) is 5.88 Å². The Morgan fingerprint density at radius 3 is 2.74 bits per heavy atom. The predicted octanol–water partition coefficient (Wildman–Crippen LogP) is 3.42. The van der Waals surface area contributed by atoms with Crippen LogP contribution >= 0.6 is 15.9 Å². The zero-order chi connectivity index (χ0) is 13.8. The molecule has 0 aliphatic carbocycles. The van der Waals surface area contributed by atoms with Crippen LogP contribution < -0.4 is 4.74 Å². The van der Waals surface area contributed by atoms with E-state index in [-0.39, 0.29) is 27.5 Å². The monoisotopic (exact) mass is 319 g/mol. The fourth-order valence-corrected chi connectivity index (χ4v) is 1.86. The lowest BCUT2D eigenvalue weighted by Crippen LogP contribution is -1.94. The number of hydrogen-bond acceptors (Lipinski definition) is 5. The zero-order valence-corrected chi connectivity index (χ0v) is 11.0. The van der Waals surface area contributed by atoms with Gasteiger partial charge in [-0.15, -0.1) is 0 Å². The second-order valence-corrected chi connectivity index (χ2v) is 4.21. The maximum Gasteiger partial charge on any atom is 0.287 e. The summed E-state index contributed by atoms with van der Waals surface area (Å²) in [5.41, 5.74) is 0.105. The molecule has 1 aromatic heterocycles. The topological polar surface area (TPSA) is 89.0 Å². The lowest BCUT2D eigenvalue weighted by atomic mass is 10.3. The number of rotatable bonds is 3. The van der Waals surface area contributed by atoms with Gasteiger partial charge in [-0.3, -0.25) is 10.1 Å². The maximum absolute atomic E-state index is 10.8. The van der Waals surface area contributed by atoms with Crippen molar-refractivity contribution in [2.75, 3.05) is 0 Å². The fourth-order valence-electron chi connectivity index (χ4n) is 1.37. The lowest BCUT2D eigenvalue weighted by molar-refractivity contribution is -0.385. The second kappa shape index (κ2) is 5.46. The van der Waals surface area contributed by atoms with E-state index in [1.165, 1.54) is 18.2 Å². The Hall–Kier alpha value is -2.46. The van der Waals surface area contributed by atoms with Crippen molar-refractivity contribution in [1.82, 2.24) is 4.98 Å². The van der Waals surface area contributed by atoms with E-state index in [1.54, 1.807) is 18.2 Å². The molecule has 0 N–H and O–H groups in total. The standard InChI is InChI=1S/C12H6BrN3O3/c13-12-9(16(17)18)4-2-5-10(12)19-11-6-1-3-8(7-14)15-11/h1-6H. The number of pyridine rings is 1. The van der Waals surface area contributed by atoms with Crippen molar-refractivity contribution in [2.24, 2.45) is 0 Å². The van der Waals surface area contributed by atoms with Gasteiger partial charge >= 0.3 is 0 Å². The highest BCUT2D eigenvalue weighted by Crippen LogP contribution is 2.35. The van der Waals surface area contributed by atoms with Gasteiger partial charge in [0.1, 0.15) is 16.2 Å². The highest BCUT2D eigenvalue weighted by molar-refractivity contribution is 9.10. The van der Waals surface area contributed by atoms with Gasteiger partial charge in [0.05, 0.1) is 4.92 Å². The third kappa shape index (κ3) is 2.86. The van der Waals surface area contributed by atoms with Crippen molar-refractivity contribution in [1.29, 1.82) is 5.26 Å². The quantitative estimate of drug-likeness (QED) is 0.638. The van der Waals surface area contributed by atoms with Crippen molar-refractivity contribution in [2.45, 2.75) is 0 Å². The van der Waals surface area contributed by atoms with Crippen LogP contribution in [-0.2, 0) is 0 Å². The van der Waals surface area contributed by atoms with Crippen LogP contribution in [0.15, 0.2) is 40.9 Å². The van der Waals surface area contributed by atoms with Gasteiger partial charge in [0.25, 0.3) is 5.69 Å². The Balaban J connectivity index is 2.36. The van der Waals surface area contributed by atoms with E-state index in [9.17, 15) is 10.1 Å². The number of hydrogen-bond donors (Lipinski definition) is 0. The minimum Gasteiger partial charge on any atom is -0.438 e. The summed E-state index contributed by atoms with van der Waals surface area (Å²) in [6, 6.07) is 11.0. The molecule has 7 heteroatoms. The van der Waals surface area contributed by atoms with Gasteiger partial charge in [-0.25, -0.2) is 4.98 Å². The molecule has 0 atom stereocenters. The van der Waals surface area contributed by atoms with Gasteiger partial charge in [0, 0.05) is 12.1 Å². The van der Waals surface area contributed by atoms with Gasteiger partial charge in [-0.1, -0.05) is 12.1 Å². The summed E-state index contributed by atoms with van der Waals surface area (Å²) >= 11 is 3.12. The Kier molecular flexibility index (Phi) is 3.73. The molecule has 0 radical (unpaired) electrons. The number of ether oxygens (including phenoxy) is 1. The van der Waals surface area contributed by atoms with Crippen molar-refractivity contribution in [3.8, 4) is 17.7 Å². The van der Waals surface area contributed by atoms with Crippen LogP contribution in [-0.4, -0.2) is 9.91 Å². The average Bonchev–Trinajstić information content (AvgIpc) is 2.41. The van der Waals surface area contributed by atoms with Crippen LogP contribution in [0, 0.1) is 21.4 Å². The normalized spacial score (nSPS) is 9.68. The number of nitro benzene ring substituents is 1. The highest BCUT2D eigenvalue weighted by atomic mass is 79.9. The van der Waals surface area contributed by atoms with Gasteiger partial charge in [0.15, 0.2) is 5.75 Å². The summed E-state index contributed by atoms with van der Waals surface area (Å²) < 4.78 is 5.65. The van der Waals surface area contributed by atoms with E-state index < -0.39 is 4.92 Å². The first-order valence-corrected chi connectivity index (χ1v) is 5.89. The molecule has 0 aliphatic heterocycles. The molecule has 0 spiro atoms. The molecule has 0 amide bonds. The summed E-state index contributed by atoms with van der Waals surface area (Å²) in [5.74, 6) is 0.456. The number of halogens is 1. The summed E-state index contributed by atoms with van der Waals surface area (Å²) in [6.07, 6.45) is 0. The smallest absolute Gasteiger partial charge is 0.287 e.